The van der Waals surface area contributed by atoms with Gasteiger partial charge in [-0.2, -0.15) is 15.0 Å². The van der Waals surface area contributed by atoms with Crippen molar-refractivity contribution < 1.29 is 65.3 Å². The number of esters is 1. The van der Waals surface area contributed by atoms with Crippen molar-refractivity contribution in [2.24, 2.45) is 0 Å². The van der Waals surface area contributed by atoms with Gasteiger partial charge in [0.05, 0.1) is 16.9 Å². The van der Waals surface area contributed by atoms with Gasteiger partial charge in [-0.3, -0.25) is 13.9 Å². The fourth-order valence-electron chi connectivity index (χ4n) is 5.26. The van der Waals surface area contributed by atoms with Crippen LogP contribution in [-0.2, 0) is 44.2 Å². The highest BCUT2D eigenvalue weighted by Crippen LogP contribution is 2.51. The Morgan fingerprint density at radius 3 is 2.08 bits per heavy atom. The second-order valence-corrected chi connectivity index (χ2v) is 20.2. The molecule has 2 heterocycles. The van der Waals surface area contributed by atoms with Crippen LogP contribution >= 0.6 is 31.1 Å². The second kappa shape index (κ2) is 20.2. The average Bonchev–Trinajstić information content (AvgIpc) is 3.42. The van der Waals surface area contributed by atoms with E-state index in [0.29, 0.717) is 22.2 Å². The van der Waals surface area contributed by atoms with Crippen molar-refractivity contribution in [1.82, 2.24) is 14.6 Å². The minimum Gasteiger partial charge on any atom is -0.460 e. The molecule has 340 valence electrons. The monoisotopic (exact) mass is 930 g/mol. The van der Waals surface area contributed by atoms with Crippen LogP contribution in [-0.4, -0.2) is 80.8 Å². The second-order valence-electron chi connectivity index (χ2n) is 16.7. The van der Waals surface area contributed by atoms with Gasteiger partial charge in [0.15, 0.2) is 18.1 Å². The molecule has 62 heavy (non-hydrogen) atoms. The molecule has 0 aliphatic carbocycles. The Labute approximate surface area is 366 Å². The van der Waals surface area contributed by atoms with E-state index in [0.717, 1.165) is 35.0 Å². The van der Waals surface area contributed by atoms with Gasteiger partial charge in [0.25, 0.3) is 0 Å². The van der Waals surface area contributed by atoms with Crippen LogP contribution in [0.3, 0.4) is 0 Å². The fraction of sp³-hybridized carbons (Fsp3) is 0.500. The van der Waals surface area contributed by atoms with Gasteiger partial charge in [-0.1, -0.05) is 41.9 Å². The lowest BCUT2D eigenvalue weighted by atomic mass is 10.1. The summed E-state index contributed by atoms with van der Waals surface area (Å²) in [6.07, 6.45) is -6.60. The number of nitrogens with zero attached hydrogens (tertiary/aromatic N) is 3. The molecular weight excluding hydrogens is 881 g/mol. The Morgan fingerprint density at radius 1 is 0.935 bits per heavy atom. The third kappa shape index (κ3) is 14.7. The number of nitrogens with one attached hydrogen (secondary N) is 1. The molecule has 4 rings (SSSR count). The number of alkyl halides is 1. The zero-order valence-corrected chi connectivity index (χ0v) is 38.2. The Bertz CT molecular complexity index is 2170. The SMILES string of the molecule is C[C@H](NP(=O)(OC[C@H]1S[C@@H](n2ccc(N(C(=O)OC(C)(C)C)C(=O)OC(C)(C)C)nc2=O)[C@@H](F)[C@@H]1OC(=O)OC(C)(C)C)Oc1ccc(F)cc1Cl)C(=O)OCc1ccccc1. The number of thioether (sulfide) groups is 1. The number of anilines is 1. The normalized spacial score (nSPS) is 19.4. The standard InChI is InChI=1S/C40H50ClF2N4O13PS/c1-23(33(48)54-21-24-14-12-11-13-15-24)45-61(53,60-27-17-16-25(42)20-26(27)41)55-22-28-31(56-37(52)59-40(8,9)10)30(43)32(62-28)46-19-18-29(44-34(46)49)47(35(50)57-38(2,3)4)36(51)58-39(5,6)7/h11-20,23,28,30-32H,21-22H2,1-10H3,(H,45,53)/t23-,28+,30-,31+,32+,61?/m0/s1. The highest BCUT2D eigenvalue weighted by Gasteiger charge is 2.50. The number of ether oxygens (including phenoxy) is 5. The molecule has 0 radical (unpaired) electrons. The van der Waals surface area contributed by atoms with Crippen LogP contribution in [0.1, 0.15) is 80.2 Å². The Morgan fingerprint density at radius 2 is 1.53 bits per heavy atom. The molecule has 2 amide bonds. The van der Waals surface area contributed by atoms with Crippen LogP contribution in [0.4, 0.5) is 29.0 Å². The minimum atomic E-state index is -4.76. The molecule has 1 saturated heterocycles. The van der Waals surface area contributed by atoms with Crippen molar-refractivity contribution in [1.29, 1.82) is 0 Å². The van der Waals surface area contributed by atoms with E-state index in [-0.39, 0.29) is 17.4 Å². The molecule has 22 heteroatoms. The van der Waals surface area contributed by atoms with Gasteiger partial charge in [-0.25, -0.2) is 32.5 Å². The number of rotatable bonds is 13. The number of carbonyl (C=O) groups excluding carboxylic acids is 4. The summed E-state index contributed by atoms with van der Waals surface area (Å²) >= 11 is 6.88. The largest absolute Gasteiger partial charge is 0.509 e. The van der Waals surface area contributed by atoms with Gasteiger partial charge in [-0.15, -0.1) is 11.8 Å². The number of aromatic nitrogens is 2. The topological polar surface area (TPSA) is 200 Å². The first-order chi connectivity index (χ1) is 28.6. The fourth-order valence-corrected chi connectivity index (χ4v) is 8.62. The highest BCUT2D eigenvalue weighted by molar-refractivity contribution is 8.00. The van der Waals surface area contributed by atoms with Gasteiger partial charge in [0, 0.05) is 6.20 Å². The van der Waals surface area contributed by atoms with Crippen LogP contribution in [0.2, 0.25) is 5.02 Å². The molecule has 0 bridgehead atoms. The van der Waals surface area contributed by atoms with E-state index >= 15 is 4.39 Å². The van der Waals surface area contributed by atoms with E-state index in [4.69, 9.17) is 44.3 Å². The summed E-state index contributed by atoms with van der Waals surface area (Å²) in [4.78, 5) is 70.3. The quantitative estimate of drug-likeness (QED) is 0.0967. The summed E-state index contributed by atoms with van der Waals surface area (Å²) < 4.78 is 84.1. The van der Waals surface area contributed by atoms with Gasteiger partial charge in [0.2, 0.25) is 0 Å². The Kier molecular flexibility index (Phi) is 16.2. The lowest BCUT2D eigenvalue weighted by Gasteiger charge is -2.28. The third-order valence-electron chi connectivity index (χ3n) is 7.81. The van der Waals surface area contributed by atoms with Gasteiger partial charge in [0.1, 0.15) is 46.4 Å². The number of halogens is 3. The summed E-state index contributed by atoms with van der Waals surface area (Å²) in [5.74, 6) is -2.44. The predicted molar refractivity (Wildman–Crippen MR) is 224 cm³/mol. The van der Waals surface area contributed by atoms with Gasteiger partial charge < -0.3 is 28.2 Å². The summed E-state index contributed by atoms with van der Waals surface area (Å²) in [5.41, 5.74) is -3.71. The summed E-state index contributed by atoms with van der Waals surface area (Å²) in [6, 6.07) is 11.3. The molecule has 1 aliphatic rings. The maximum atomic E-state index is 16.7. The first kappa shape index (κ1) is 49.9. The van der Waals surface area contributed by atoms with E-state index in [2.05, 4.69) is 10.1 Å². The average molecular weight is 931 g/mol. The number of carbonyl (C=O) groups is 4. The predicted octanol–water partition coefficient (Wildman–Crippen LogP) is 8.91. The molecule has 3 aromatic rings. The smallest absolute Gasteiger partial charge is 0.460 e. The Balaban J connectivity index is 1.67. The van der Waals surface area contributed by atoms with Crippen molar-refractivity contribution >= 4 is 61.2 Å². The molecule has 1 unspecified atom stereocenters. The first-order valence-electron chi connectivity index (χ1n) is 19.1. The first-order valence-corrected chi connectivity index (χ1v) is 21.9. The zero-order valence-electron chi connectivity index (χ0n) is 35.7. The Hall–Kier alpha value is -4.75. The number of benzene rings is 2. The highest BCUT2D eigenvalue weighted by atomic mass is 35.5. The lowest BCUT2D eigenvalue weighted by Crippen LogP contribution is -2.45. The van der Waals surface area contributed by atoms with Crippen molar-refractivity contribution in [3.05, 3.63) is 87.7 Å². The summed E-state index contributed by atoms with van der Waals surface area (Å²) in [7, 11) is -4.76. The molecule has 0 saturated carbocycles. The van der Waals surface area contributed by atoms with E-state index in [1.54, 1.807) is 92.6 Å². The van der Waals surface area contributed by atoms with Crippen molar-refractivity contribution in [2.45, 2.75) is 122 Å². The molecule has 1 aromatic heterocycles. The van der Waals surface area contributed by atoms with Crippen molar-refractivity contribution in [3.8, 4) is 5.75 Å². The molecule has 6 atom stereocenters. The maximum Gasteiger partial charge on any atom is 0.509 e. The van der Waals surface area contributed by atoms with E-state index in [9.17, 15) is 32.9 Å². The summed E-state index contributed by atoms with van der Waals surface area (Å²) in [5, 5.41) is -0.653. The van der Waals surface area contributed by atoms with Crippen LogP contribution in [0.15, 0.2) is 65.6 Å². The lowest BCUT2D eigenvalue weighted by molar-refractivity contribution is -0.146. The molecule has 1 N–H and O–H groups in total. The number of hydrogen-bond acceptors (Lipinski definition) is 15. The molecule has 0 spiro atoms. The van der Waals surface area contributed by atoms with Gasteiger partial charge >= 0.3 is 37.7 Å². The van der Waals surface area contributed by atoms with E-state index in [1.807, 2.05) is 0 Å². The molecule has 1 aliphatic heterocycles. The molecule has 1 fully saturated rings. The van der Waals surface area contributed by atoms with Crippen LogP contribution in [0.5, 0.6) is 5.75 Å². The maximum absolute atomic E-state index is 16.7. The number of amides is 2. The van der Waals surface area contributed by atoms with Crippen LogP contribution in [0, 0.1) is 5.82 Å². The minimum absolute atomic E-state index is 0.127. The molecular formula is C40H50ClF2N4O13PS. The van der Waals surface area contributed by atoms with Crippen molar-refractivity contribution in [2.75, 3.05) is 11.5 Å². The van der Waals surface area contributed by atoms with Gasteiger partial charge in [-0.05, 0) is 99.1 Å². The van der Waals surface area contributed by atoms with E-state index in [1.165, 1.54) is 6.92 Å². The zero-order chi connectivity index (χ0) is 46.4. The van der Waals surface area contributed by atoms with Crippen LogP contribution in [0.25, 0.3) is 0 Å². The molecule has 17 nitrogen and oxygen atoms in total. The summed E-state index contributed by atoms with van der Waals surface area (Å²) in [6.45, 7) is 14.4. The van der Waals surface area contributed by atoms with Crippen molar-refractivity contribution in [3.63, 3.8) is 0 Å². The molecule has 2 aromatic carbocycles. The van der Waals surface area contributed by atoms with E-state index < -0.39 is 102 Å². The third-order valence-corrected chi connectivity index (χ3v) is 11.3. The number of hydrogen-bond donors (Lipinski definition) is 1. The number of imide groups is 1. The van der Waals surface area contributed by atoms with Crippen LogP contribution < -0.4 is 20.2 Å².